The van der Waals surface area contributed by atoms with Crippen molar-refractivity contribution in [2.75, 3.05) is 0 Å². The smallest absolute Gasteiger partial charge is 0.281 e. The summed E-state index contributed by atoms with van der Waals surface area (Å²) in [7, 11) is 0. The van der Waals surface area contributed by atoms with Gasteiger partial charge in [-0.05, 0) is 42.1 Å². The lowest BCUT2D eigenvalue weighted by atomic mass is 10.1. The first kappa shape index (κ1) is 13.0. The van der Waals surface area contributed by atoms with Gasteiger partial charge in [-0.2, -0.15) is 4.98 Å². The summed E-state index contributed by atoms with van der Waals surface area (Å²) in [6.07, 6.45) is 2.06. The van der Waals surface area contributed by atoms with Gasteiger partial charge in [0.05, 0.1) is 10.9 Å². The van der Waals surface area contributed by atoms with Gasteiger partial charge < -0.3 is 8.82 Å². The molecule has 0 saturated heterocycles. The Morgan fingerprint density at radius 3 is 2.40 bits per heavy atom. The molecule has 6 aromatic rings. The zero-order chi connectivity index (χ0) is 16.7. The molecule has 0 spiro atoms. The van der Waals surface area contributed by atoms with Crippen molar-refractivity contribution in [3.63, 3.8) is 0 Å². The zero-order valence-electron chi connectivity index (χ0n) is 13.4. The Bertz CT molecular complexity index is 1520. The number of nitrogens with zero attached hydrogens (tertiary/aromatic N) is 2. The third kappa shape index (κ3) is 1.51. The van der Waals surface area contributed by atoms with E-state index in [2.05, 4.69) is 24.2 Å². The molecule has 0 aliphatic rings. The van der Waals surface area contributed by atoms with Gasteiger partial charge in [0.1, 0.15) is 16.8 Å². The summed E-state index contributed by atoms with van der Waals surface area (Å²) >= 11 is 0. The topological polar surface area (TPSA) is 47.5 Å². The van der Waals surface area contributed by atoms with E-state index >= 15 is 0 Å². The van der Waals surface area contributed by atoms with Gasteiger partial charge >= 0.3 is 0 Å². The molecule has 0 unspecified atom stereocenters. The van der Waals surface area contributed by atoms with Gasteiger partial charge in [-0.15, -0.1) is 0 Å². The van der Waals surface area contributed by atoms with Gasteiger partial charge in [-0.25, -0.2) is 0 Å². The number of hydrogen-bond acceptors (Lipinski definition) is 3. The number of benzene rings is 3. The van der Waals surface area contributed by atoms with Crippen LogP contribution in [0.15, 0.2) is 63.9 Å². The van der Waals surface area contributed by atoms with Crippen LogP contribution in [0, 0.1) is 6.92 Å². The molecule has 0 N–H and O–H groups in total. The summed E-state index contributed by atoms with van der Waals surface area (Å²) in [4.78, 5) is 17.1. The van der Waals surface area contributed by atoms with E-state index in [-0.39, 0.29) is 5.56 Å². The highest BCUT2D eigenvalue weighted by molar-refractivity contribution is 6.12. The fourth-order valence-corrected chi connectivity index (χ4v) is 3.92. The molecule has 0 aliphatic heterocycles. The Hall–Kier alpha value is -3.40. The minimum atomic E-state index is -0.204. The second kappa shape index (κ2) is 4.16. The summed E-state index contributed by atoms with van der Waals surface area (Å²) in [5.41, 5.74) is 4.16. The molecule has 118 valence electrons. The average molecular weight is 324 g/mol. The number of aryl methyl sites for hydroxylation is 1. The van der Waals surface area contributed by atoms with E-state index in [0.29, 0.717) is 11.0 Å². The minimum Gasteiger partial charge on any atom is -0.456 e. The van der Waals surface area contributed by atoms with Crippen LogP contribution in [0.25, 0.3) is 49.3 Å². The lowest BCUT2D eigenvalue weighted by Crippen LogP contribution is -2.11. The van der Waals surface area contributed by atoms with Gasteiger partial charge in [0.2, 0.25) is 0 Å². The molecule has 2 bridgehead atoms. The highest BCUT2D eigenvalue weighted by atomic mass is 16.3. The third-order valence-corrected chi connectivity index (χ3v) is 5.11. The lowest BCUT2D eigenvalue weighted by molar-refractivity contribution is 0.679. The number of furan rings is 2. The van der Waals surface area contributed by atoms with Crippen LogP contribution in [0.5, 0.6) is 0 Å². The maximum atomic E-state index is 12.7. The molecule has 25 heavy (non-hydrogen) atoms. The van der Waals surface area contributed by atoms with Crippen molar-refractivity contribution in [2.45, 2.75) is 6.92 Å². The molecule has 4 nitrogen and oxygen atoms in total. The first-order valence-corrected chi connectivity index (χ1v) is 8.20. The number of pyridine rings is 1. The quantitative estimate of drug-likeness (QED) is 0.302. The Kier molecular flexibility index (Phi) is 2.16. The first-order valence-electron chi connectivity index (χ1n) is 8.20. The maximum Gasteiger partial charge on any atom is 0.281 e. The molecular formula is C21H12N2O2. The van der Waals surface area contributed by atoms with Crippen molar-refractivity contribution in [3.8, 4) is 0 Å². The van der Waals surface area contributed by atoms with Crippen LogP contribution in [0.1, 0.15) is 5.56 Å². The Morgan fingerprint density at radius 2 is 1.60 bits per heavy atom. The molecule has 4 aromatic heterocycles. The third-order valence-electron chi connectivity index (χ3n) is 5.11. The predicted octanol–water partition coefficient (Wildman–Crippen LogP) is 4.65. The van der Waals surface area contributed by atoms with Crippen LogP contribution < -0.4 is 5.56 Å². The zero-order valence-corrected chi connectivity index (χ0v) is 13.4. The molecule has 0 fully saturated rings. The molecule has 2 aromatic carbocycles. The number of rotatable bonds is 0. The van der Waals surface area contributed by atoms with Crippen LogP contribution >= 0.6 is 0 Å². The molecule has 0 atom stereocenters. The van der Waals surface area contributed by atoms with Gasteiger partial charge in [0, 0.05) is 22.4 Å². The molecular weight excluding hydrogens is 312 g/mol. The molecule has 6 rings (SSSR count). The van der Waals surface area contributed by atoms with E-state index in [1.807, 2.05) is 46.9 Å². The Morgan fingerprint density at radius 1 is 0.880 bits per heavy atom. The number of aromatic nitrogens is 2. The summed E-state index contributed by atoms with van der Waals surface area (Å²) in [5, 5.41) is 4.73. The summed E-state index contributed by atoms with van der Waals surface area (Å²) in [5.74, 6) is 0. The van der Waals surface area contributed by atoms with Crippen LogP contribution in [0.2, 0.25) is 0 Å². The largest absolute Gasteiger partial charge is 0.456 e. The monoisotopic (exact) mass is 324 g/mol. The number of fused-ring (bicyclic) bond motifs is 10. The van der Waals surface area contributed by atoms with E-state index in [4.69, 9.17) is 4.42 Å². The summed E-state index contributed by atoms with van der Waals surface area (Å²) in [6.45, 7) is 2.08. The normalized spacial score (nSPS) is 12.4. The second-order valence-corrected chi connectivity index (χ2v) is 6.55. The first-order chi connectivity index (χ1) is 12.2. The molecule has 0 radical (unpaired) electrons. The van der Waals surface area contributed by atoms with E-state index in [1.54, 1.807) is 0 Å². The second-order valence-electron chi connectivity index (χ2n) is 6.55. The van der Waals surface area contributed by atoms with Crippen LogP contribution in [0.3, 0.4) is 0 Å². The SMILES string of the molecule is Cc1cn2c3cc4c5ccc(o5)c4cc3c(=O)nc2c2ccccc12. The number of hydrogen-bond donors (Lipinski definition) is 0. The van der Waals surface area contributed by atoms with Crippen molar-refractivity contribution in [1.29, 1.82) is 0 Å². The highest BCUT2D eigenvalue weighted by Gasteiger charge is 2.15. The maximum absolute atomic E-state index is 12.7. The van der Waals surface area contributed by atoms with Gasteiger partial charge in [0.15, 0.2) is 0 Å². The molecule has 4 heterocycles. The van der Waals surface area contributed by atoms with Crippen LogP contribution in [-0.4, -0.2) is 9.38 Å². The molecule has 4 heteroatoms. The minimum absolute atomic E-state index is 0.204. The summed E-state index contributed by atoms with van der Waals surface area (Å²) in [6, 6.07) is 15.9. The standard InChI is InChI=1S/C21H12N2O2/c1-11-10-23-17-9-15-14(18-6-7-19(15)25-18)8-16(17)21(24)22-20(23)13-5-3-2-4-12(11)13/h2-10H,1H3. The average Bonchev–Trinajstić information content (AvgIpc) is 3.24. The van der Waals surface area contributed by atoms with Crippen molar-refractivity contribution in [2.24, 2.45) is 0 Å². The summed E-state index contributed by atoms with van der Waals surface area (Å²) < 4.78 is 7.77. The van der Waals surface area contributed by atoms with Crippen LogP contribution in [-0.2, 0) is 0 Å². The highest BCUT2D eigenvalue weighted by Crippen LogP contribution is 2.34. The van der Waals surface area contributed by atoms with Crippen molar-refractivity contribution < 1.29 is 4.42 Å². The van der Waals surface area contributed by atoms with Gasteiger partial charge in [-0.3, -0.25) is 4.79 Å². The Balaban J connectivity index is 1.94. The van der Waals surface area contributed by atoms with E-state index in [0.717, 1.165) is 43.8 Å². The van der Waals surface area contributed by atoms with Crippen molar-refractivity contribution >= 4 is 49.3 Å². The fraction of sp³-hybridized carbons (Fsp3) is 0.0476. The van der Waals surface area contributed by atoms with Crippen molar-refractivity contribution in [3.05, 3.63) is 70.6 Å². The molecule has 0 saturated carbocycles. The van der Waals surface area contributed by atoms with Gasteiger partial charge in [-0.1, -0.05) is 24.3 Å². The van der Waals surface area contributed by atoms with E-state index in [9.17, 15) is 4.79 Å². The van der Waals surface area contributed by atoms with Crippen LogP contribution in [0.4, 0.5) is 0 Å². The lowest BCUT2D eigenvalue weighted by Gasteiger charge is -2.11. The van der Waals surface area contributed by atoms with E-state index in [1.165, 1.54) is 0 Å². The Labute approximate surface area is 141 Å². The molecule has 0 aliphatic carbocycles. The fourth-order valence-electron chi connectivity index (χ4n) is 3.92. The predicted molar refractivity (Wildman–Crippen MR) is 99.7 cm³/mol. The molecule has 0 amide bonds. The van der Waals surface area contributed by atoms with Gasteiger partial charge in [0.25, 0.3) is 5.56 Å². The van der Waals surface area contributed by atoms with Crippen molar-refractivity contribution in [1.82, 2.24) is 9.38 Å². The van der Waals surface area contributed by atoms with E-state index < -0.39 is 0 Å².